The van der Waals surface area contributed by atoms with Gasteiger partial charge in [0.1, 0.15) is 6.61 Å². The minimum Gasteiger partial charge on any atom is -0.478 e. The highest BCUT2D eigenvalue weighted by Gasteiger charge is 2.09. The fraction of sp³-hybridized carbons (Fsp3) is 0.273. The lowest BCUT2D eigenvalue weighted by Crippen LogP contribution is -2.18. The summed E-state index contributed by atoms with van der Waals surface area (Å²) >= 11 is 3.23. The molecule has 0 atom stereocenters. The molecule has 0 bridgehead atoms. The Hall–Kier alpha value is -1.40. The van der Waals surface area contributed by atoms with Gasteiger partial charge in [-0.15, -0.1) is 0 Å². The summed E-state index contributed by atoms with van der Waals surface area (Å²) in [4.78, 5) is 22.2. The minimum atomic E-state index is -1.04. The zero-order valence-corrected chi connectivity index (χ0v) is 10.8. The molecule has 0 fully saturated rings. The number of benzene rings is 1. The van der Waals surface area contributed by atoms with Gasteiger partial charge in [-0.2, -0.15) is 0 Å². The highest BCUT2D eigenvalue weighted by atomic mass is 79.9. The van der Waals surface area contributed by atoms with Gasteiger partial charge in [0.05, 0.1) is 11.3 Å². The van der Waals surface area contributed by atoms with Crippen LogP contribution in [0, 0.1) is 0 Å². The van der Waals surface area contributed by atoms with Crippen molar-refractivity contribution in [2.24, 2.45) is 0 Å². The second-order valence-electron chi connectivity index (χ2n) is 3.19. The highest BCUT2D eigenvalue weighted by molar-refractivity contribution is 9.10. The molecule has 0 aliphatic heterocycles. The van der Waals surface area contributed by atoms with Crippen molar-refractivity contribution >= 4 is 33.5 Å². The fourth-order valence-electron chi connectivity index (χ4n) is 1.14. The number of amides is 1. The summed E-state index contributed by atoms with van der Waals surface area (Å²) in [6.45, 7) is 2.18. The fourth-order valence-corrected chi connectivity index (χ4v) is 1.48. The lowest BCUT2D eigenvalue weighted by atomic mass is 10.2. The van der Waals surface area contributed by atoms with E-state index in [0.717, 1.165) is 0 Å². The normalized spacial score (nSPS) is 10.0. The number of ether oxygens (including phenoxy) is 1. The van der Waals surface area contributed by atoms with Crippen LogP contribution < -0.4 is 5.32 Å². The van der Waals surface area contributed by atoms with Crippen LogP contribution in [-0.2, 0) is 9.53 Å². The number of halogens is 1. The molecular formula is C11H12BrNO4. The van der Waals surface area contributed by atoms with Crippen molar-refractivity contribution in [2.45, 2.75) is 6.92 Å². The van der Waals surface area contributed by atoms with Crippen LogP contribution in [0.3, 0.4) is 0 Å². The molecule has 1 aromatic rings. The standard InChI is InChI=1S/C11H12BrNO4/c1-2-17-6-10(14)13-9-5-7(11(15)16)3-4-8(9)12/h3-5H,2,6H2,1H3,(H,13,14)(H,15,16). The van der Waals surface area contributed by atoms with E-state index in [1.54, 1.807) is 13.0 Å². The monoisotopic (exact) mass is 301 g/mol. The van der Waals surface area contributed by atoms with Gasteiger partial charge in [0.2, 0.25) is 5.91 Å². The molecule has 17 heavy (non-hydrogen) atoms. The minimum absolute atomic E-state index is 0.0553. The van der Waals surface area contributed by atoms with Crippen molar-refractivity contribution in [1.29, 1.82) is 0 Å². The Labute approximate surface area is 107 Å². The Morgan fingerprint density at radius 3 is 2.76 bits per heavy atom. The number of carboxylic acids is 1. The second-order valence-corrected chi connectivity index (χ2v) is 4.04. The first kappa shape index (κ1) is 13.7. The number of carbonyl (C=O) groups excluding carboxylic acids is 1. The molecule has 1 amide bonds. The summed E-state index contributed by atoms with van der Waals surface area (Å²) in [5, 5.41) is 11.4. The van der Waals surface area contributed by atoms with E-state index in [9.17, 15) is 9.59 Å². The topological polar surface area (TPSA) is 75.6 Å². The van der Waals surface area contributed by atoms with Gasteiger partial charge in [-0.1, -0.05) is 0 Å². The Kier molecular flexibility index (Phi) is 5.11. The molecule has 0 radical (unpaired) electrons. The van der Waals surface area contributed by atoms with Gasteiger partial charge in [0.25, 0.3) is 0 Å². The van der Waals surface area contributed by atoms with Crippen LogP contribution in [0.15, 0.2) is 22.7 Å². The van der Waals surface area contributed by atoms with Crippen molar-refractivity contribution in [1.82, 2.24) is 0 Å². The van der Waals surface area contributed by atoms with E-state index < -0.39 is 5.97 Å². The van der Waals surface area contributed by atoms with Gasteiger partial charge < -0.3 is 15.2 Å². The molecule has 0 unspecified atom stereocenters. The van der Waals surface area contributed by atoms with Crippen LogP contribution in [0.2, 0.25) is 0 Å². The van der Waals surface area contributed by atoms with Gasteiger partial charge in [0.15, 0.2) is 0 Å². The van der Waals surface area contributed by atoms with Crippen LogP contribution in [-0.4, -0.2) is 30.2 Å². The molecule has 0 aliphatic rings. The van der Waals surface area contributed by atoms with Crippen LogP contribution in [0.5, 0.6) is 0 Å². The third-order valence-electron chi connectivity index (χ3n) is 1.92. The number of carbonyl (C=O) groups is 2. The van der Waals surface area contributed by atoms with Crippen LogP contribution in [0.1, 0.15) is 17.3 Å². The lowest BCUT2D eigenvalue weighted by Gasteiger charge is -2.08. The first-order valence-corrected chi connectivity index (χ1v) is 5.74. The summed E-state index contributed by atoms with van der Waals surface area (Å²) in [6, 6.07) is 4.40. The van der Waals surface area contributed by atoms with Gasteiger partial charge in [-0.3, -0.25) is 4.79 Å². The van der Waals surface area contributed by atoms with E-state index in [-0.39, 0.29) is 18.1 Å². The lowest BCUT2D eigenvalue weighted by molar-refractivity contribution is -0.120. The summed E-state index contributed by atoms with van der Waals surface area (Å²) in [5.41, 5.74) is 0.523. The highest BCUT2D eigenvalue weighted by Crippen LogP contribution is 2.23. The molecule has 1 aromatic carbocycles. The molecule has 0 saturated heterocycles. The number of rotatable bonds is 5. The maximum absolute atomic E-state index is 11.4. The molecule has 1 rings (SSSR count). The van der Waals surface area contributed by atoms with Gasteiger partial charge in [-0.05, 0) is 41.1 Å². The van der Waals surface area contributed by atoms with E-state index in [4.69, 9.17) is 9.84 Å². The largest absolute Gasteiger partial charge is 0.478 e. The van der Waals surface area contributed by atoms with Crippen LogP contribution in [0.25, 0.3) is 0 Å². The third kappa shape index (κ3) is 4.16. The average Bonchev–Trinajstić information content (AvgIpc) is 2.29. The molecule has 2 N–H and O–H groups in total. The zero-order chi connectivity index (χ0) is 12.8. The first-order chi connectivity index (χ1) is 8.04. The number of aromatic carboxylic acids is 1. The van der Waals surface area contributed by atoms with Crippen LogP contribution in [0.4, 0.5) is 5.69 Å². The summed E-state index contributed by atoms with van der Waals surface area (Å²) in [7, 11) is 0. The molecule has 0 spiro atoms. The molecule has 6 heteroatoms. The SMILES string of the molecule is CCOCC(=O)Nc1cc(C(=O)O)ccc1Br. The quantitative estimate of drug-likeness (QED) is 0.873. The van der Waals surface area contributed by atoms with E-state index >= 15 is 0 Å². The van der Waals surface area contributed by atoms with E-state index in [1.807, 2.05) is 0 Å². The molecule has 0 heterocycles. The van der Waals surface area contributed by atoms with E-state index in [1.165, 1.54) is 12.1 Å². The number of nitrogens with one attached hydrogen (secondary N) is 1. The Morgan fingerprint density at radius 2 is 2.18 bits per heavy atom. The molecule has 0 aliphatic carbocycles. The van der Waals surface area contributed by atoms with Crippen molar-refractivity contribution in [3.8, 4) is 0 Å². The van der Waals surface area contributed by atoms with Crippen molar-refractivity contribution in [2.75, 3.05) is 18.5 Å². The Morgan fingerprint density at radius 1 is 1.47 bits per heavy atom. The van der Waals surface area contributed by atoms with Gasteiger partial charge in [0, 0.05) is 11.1 Å². The number of anilines is 1. The zero-order valence-electron chi connectivity index (χ0n) is 9.20. The molecule has 0 aromatic heterocycles. The summed E-state index contributed by atoms with van der Waals surface area (Å²) < 4.78 is 5.56. The van der Waals surface area contributed by atoms with Gasteiger partial charge in [-0.25, -0.2) is 4.79 Å². The van der Waals surface area contributed by atoms with Crippen LogP contribution >= 0.6 is 15.9 Å². The van der Waals surface area contributed by atoms with E-state index in [0.29, 0.717) is 16.8 Å². The Bertz CT molecular complexity index is 433. The molecule has 5 nitrogen and oxygen atoms in total. The summed E-state index contributed by atoms with van der Waals surface area (Å²) in [5.74, 6) is -1.37. The Balaban J connectivity index is 2.79. The van der Waals surface area contributed by atoms with Crippen molar-refractivity contribution in [3.63, 3.8) is 0 Å². The molecule has 0 saturated carbocycles. The predicted molar refractivity (Wildman–Crippen MR) is 66.2 cm³/mol. The third-order valence-corrected chi connectivity index (χ3v) is 2.62. The first-order valence-electron chi connectivity index (χ1n) is 4.95. The smallest absolute Gasteiger partial charge is 0.335 e. The predicted octanol–water partition coefficient (Wildman–Crippen LogP) is 2.12. The van der Waals surface area contributed by atoms with Gasteiger partial charge >= 0.3 is 5.97 Å². The summed E-state index contributed by atoms with van der Waals surface area (Å²) in [6.07, 6.45) is 0. The number of hydrogen-bond donors (Lipinski definition) is 2. The maximum Gasteiger partial charge on any atom is 0.335 e. The number of carboxylic acid groups (broad SMARTS) is 1. The average molecular weight is 302 g/mol. The second kappa shape index (κ2) is 6.36. The van der Waals surface area contributed by atoms with Crippen molar-refractivity contribution < 1.29 is 19.4 Å². The molecular weight excluding hydrogens is 290 g/mol. The van der Waals surface area contributed by atoms with E-state index in [2.05, 4.69) is 21.2 Å². The number of hydrogen-bond acceptors (Lipinski definition) is 3. The maximum atomic E-state index is 11.4. The molecule has 92 valence electrons. The van der Waals surface area contributed by atoms with Crippen molar-refractivity contribution in [3.05, 3.63) is 28.2 Å².